The molecule has 1 atom stereocenters. The smallest absolute Gasteiger partial charge is 0.326 e. The highest BCUT2D eigenvalue weighted by Gasteiger charge is 2.22. The number of rotatable bonds is 7. The molecule has 0 bridgehead atoms. The van der Waals surface area contributed by atoms with Gasteiger partial charge in [-0.3, -0.25) is 4.79 Å². The molecule has 1 fully saturated rings. The van der Waals surface area contributed by atoms with Gasteiger partial charge in [-0.05, 0) is 18.4 Å². The van der Waals surface area contributed by atoms with Gasteiger partial charge in [0.05, 0.1) is 13.2 Å². The Morgan fingerprint density at radius 1 is 1.52 bits per heavy atom. The molecule has 1 heterocycles. The fourth-order valence-electron chi connectivity index (χ4n) is 1.76. The van der Waals surface area contributed by atoms with Crippen molar-refractivity contribution >= 4 is 23.6 Å². The summed E-state index contributed by atoms with van der Waals surface area (Å²) in [5.41, 5.74) is -0.0905. The van der Waals surface area contributed by atoms with Gasteiger partial charge >= 0.3 is 5.97 Å². The van der Waals surface area contributed by atoms with Gasteiger partial charge in [-0.1, -0.05) is 0 Å². The summed E-state index contributed by atoms with van der Waals surface area (Å²) in [6.07, 6.45) is 3.64. The second-order valence-electron chi connectivity index (χ2n) is 4.45. The number of carboxylic acid groups (broad SMARTS) is 1. The molecular formula is C13H19N3O4S. The molecule has 1 aliphatic heterocycles. The summed E-state index contributed by atoms with van der Waals surface area (Å²) < 4.78 is 5.18. The Morgan fingerprint density at radius 2 is 2.19 bits per heavy atom. The molecule has 1 aliphatic rings. The normalized spacial score (nSPS) is 17.0. The molecule has 0 aromatic rings. The van der Waals surface area contributed by atoms with Crippen molar-refractivity contribution in [1.82, 2.24) is 10.2 Å². The van der Waals surface area contributed by atoms with Gasteiger partial charge in [0.1, 0.15) is 17.7 Å². The Balaban J connectivity index is 2.66. The van der Waals surface area contributed by atoms with Crippen LogP contribution in [0.2, 0.25) is 0 Å². The molecule has 0 aliphatic carbocycles. The molecule has 1 unspecified atom stereocenters. The maximum absolute atomic E-state index is 12.0. The van der Waals surface area contributed by atoms with E-state index in [2.05, 4.69) is 5.32 Å². The van der Waals surface area contributed by atoms with E-state index in [4.69, 9.17) is 15.1 Å². The van der Waals surface area contributed by atoms with Crippen LogP contribution < -0.4 is 5.32 Å². The van der Waals surface area contributed by atoms with Gasteiger partial charge < -0.3 is 20.1 Å². The van der Waals surface area contributed by atoms with Crippen molar-refractivity contribution in [2.24, 2.45) is 0 Å². The number of thioether (sulfide) groups is 1. The standard InChI is InChI=1S/C13H19N3O4S/c1-21-7-2-11(13(18)19)15-12(17)10(8-14)9-16-3-5-20-6-4-16/h9,11H,2-7H2,1H3,(H,15,17)(H,18,19)/b10-9-. The average molecular weight is 313 g/mol. The highest BCUT2D eigenvalue weighted by Crippen LogP contribution is 2.05. The predicted octanol–water partition coefficient (Wildman–Crippen LogP) is 0.0486. The first-order valence-electron chi connectivity index (χ1n) is 6.54. The summed E-state index contributed by atoms with van der Waals surface area (Å²) in [6, 6.07) is 0.838. The van der Waals surface area contributed by atoms with Crippen molar-refractivity contribution < 1.29 is 19.4 Å². The number of morpholine rings is 1. The number of nitrogens with zero attached hydrogens (tertiary/aromatic N) is 2. The summed E-state index contributed by atoms with van der Waals surface area (Å²) in [5.74, 6) is -1.13. The third kappa shape index (κ3) is 6.06. The number of carbonyl (C=O) groups is 2. The second kappa shape index (κ2) is 9.26. The predicted molar refractivity (Wildman–Crippen MR) is 78.7 cm³/mol. The molecule has 0 aromatic heterocycles. The Morgan fingerprint density at radius 3 is 2.71 bits per heavy atom. The minimum atomic E-state index is -1.10. The van der Waals surface area contributed by atoms with Crippen LogP contribution in [0.5, 0.6) is 0 Å². The summed E-state index contributed by atoms with van der Waals surface area (Å²) in [6.45, 7) is 2.30. The van der Waals surface area contributed by atoms with E-state index >= 15 is 0 Å². The zero-order valence-electron chi connectivity index (χ0n) is 11.9. The van der Waals surface area contributed by atoms with E-state index in [0.29, 0.717) is 38.5 Å². The first-order chi connectivity index (χ1) is 10.1. The molecule has 116 valence electrons. The number of carboxylic acids is 1. The topological polar surface area (TPSA) is 103 Å². The van der Waals surface area contributed by atoms with Crippen LogP contribution in [0.3, 0.4) is 0 Å². The Bertz CT molecular complexity index is 441. The molecule has 0 aromatic carbocycles. The van der Waals surface area contributed by atoms with Crippen LogP contribution in [0, 0.1) is 11.3 Å². The number of nitrogens with one attached hydrogen (secondary N) is 1. The zero-order chi connectivity index (χ0) is 15.7. The molecule has 0 spiro atoms. The van der Waals surface area contributed by atoms with Crippen LogP contribution in [0.25, 0.3) is 0 Å². The van der Waals surface area contributed by atoms with Crippen molar-refractivity contribution in [3.63, 3.8) is 0 Å². The van der Waals surface area contributed by atoms with Crippen LogP contribution in [-0.2, 0) is 14.3 Å². The zero-order valence-corrected chi connectivity index (χ0v) is 12.7. The van der Waals surface area contributed by atoms with Crippen molar-refractivity contribution in [3.8, 4) is 6.07 Å². The van der Waals surface area contributed by atoms with Gasteiger partial charge in [0.15, 0.2) is 0 Å². The lowest BCUT2D eigenvalue weighted by molar-refractivity contribution is -0.141. The van der Waals surface area contributed by atoms with E-state index in [0.717, 1.165) is 0 Å². The third-order valence-corrected chi connectivity index (χ3v) is 3.58. The molecule has 1 amide bonds. The highest BCUT2D eigenvalue weighted by molar-refractivity contribution is 7.98. The Hall–Kier alpha value is -1.72. The summed E-state index contributed by atoms with van der Waals surface area (Å²) in [4.78, 5) is 24.9. The van der Waals surface area contributed by atoms with Gasteiger partial charge in [-0.25, -0.2) is 4.79 Å². The van der Waals surface area contributed by atoms with Gasteiger partial charge in [-0.15, -0.1) is 0 Å². The van der Waals surface area contributed by atoms with Gasteiger partial charge in [0, 0.05) is 19.3 Å². The maximum atomic E-state index is 12.0. The van der Waals surface area contributed by atoms with E-state index in [-0.39, 0.29) is 5.57 Å². The molecule has 7 nitrogen and oxygen atoms in total. The summed E-state index contributed by atoms with van der Waals surface area (Å²) in [5, 5.41) is 20.5. The monoisotopic (exact) mass is 313 g/mol. The van der Waals surface area contributed by atoms with E-state index in [9.17, 15) is 9.59 Å². The van der Waals surface area contributed by atoms with Crippen LogP contribution in [-0.4, -0.2) is 66.2 Å². The van der Waals surface area contributed by atoms with E-state index in [1.165, 1.54) is 18.0 Å². The van der Waals surface area contributed by atoms with Gasteiger partial charge in [0.25, 0.3) is 5.91 Å². The van der Waals surface area contributed by atoms with Gasteiger partial charge in [0.2, 0.25) is 0 Å². The Kier molecular flexibility index (Phi) is 7.64. The molecule has 8 heteroatoms. The SMILES string of the molecule is CSCCC(NC(=O)/C(C#N)=C\N1CCOCC1)C(=O)O. The first kappa shape index (κ1) is 17.3. The molecule has 0 saturated carbocycles. The highest BCUT2D eigenvalue weighted by atomic mass is 32.2. The second-order valence-corrected chi connectivity index (χ2v) is 5.43. The van der Waals surface area contributed by atoms with Crippen LogP contribution in [0.1, 0.15) is 6.42 Å². The maximum Gasteiger partial charge on any atom is 0.326 e. The van der Waals surface area contributed by atoms with Crippen LogP contribution in [0.15, 0.2) is 11.8 Å². The molecular weight excluding hydrogens is 294 g/mol. The number of hydrogen-bond donors (Lipinski definition) is 2. The largest absolute Gasteiger partial charge is 0.480 e. The van der Waals surface area contributed by atoms with E-state index in [1.807, 2.05) is 17.2 Å². The van der Waals surface area contributed by atoms with Gasteiger partial charge in [-0.2, -0.15) is 17.0 Å². The summed E-state index contributed by atoms with van der Waals surface area (Å²) >= 11 is 1.50. The fraction of sp³-hybridized carbons (Fsp3) is 0.615. The quantitative estimate of drug-likeness (QED) is 0.505. The van der Waals surface area contributed by atoms with Crippen molar-refractivity contribution in [1.29, 1.82) is 5.26 Å². The van der Waals surface area contributed by atoms with Crippen molar-refractivity contribution in [2.75, 3.05) is 38.3 Å². The number of hydrogen-bond acceptors (Lipinski definition) is 6. The van der Waals surface area contributed by atoms with E-state index < -0.39 is 17.9 Å². The number of aliphatic carboxylic acids is 1. The van der Waals surface area contributed by atoms with Crippen molar-refractivity contribution in [3.05, 3.63) is 11.8 Å². The van der Waals surface area contributed by atoms with E-state index in [1.54, 1.807) is 0 Å². The van der Waals surface area contributed by atoms with Crippen LogP contribution in [0.4, 0.5) is 0 Å². The number of carbonyl (C=O) groups excluding carboxylic acids is 1. The molecule has 1 rings (SSSR count). The fourth-order valence-corrected chi connectivity index (χ4v) is 2.23. The molecule has 2 N–H and O–H groups in total. The lowest BCUT2D eigenvalue weighted by Crippen LogP contribution is -2.42. The minimum Gasteiger partial charge on any atom is -0.480 e. The van der Waals surface area contributed by atoms with Crippen molar-refractivity contribution in [2.45, 2.75) is 12.5 Å². The number of nitriles is 1. The molecule has 1 saturated heterocycles. The summed E-state index contributed by atoms with van der Waals surface area (Å²) in [7, 11) is 0. The average Bonchev–Trinajstić information content (AvgIpc) is 2.49. The third-order valence-electron chi connectivity index (χ3n) is 2.94. The first-order valence-corrected chi connectivity index (χ1v) is 7.94. The minimum absolute atomic E-state index is 0.0905. The lowest BCUT2D eigenvalue weighted by Gasteiger charge is -2.25. The number of amides is 1. The lowest BCUT2D eigenvalue weighted by atomic mass is 10.2. The molecule has 21 heavy (non-hydrogen) atoms. The molecule has 0 radical (unpaired) electrons. The Labute approximate surface area is 127 Å². The van der Waals surface area contributed by atoms with Crippen LogP contribution >= 0.6 is 11.8 Å². The number of ether oxygens (including phenoxy) is 1.